The molecule has 3 heteroatoms. The van der Waals surface area contributed by atoms with E-state index in [9.17, 15) is 5.26 Å². The molecule has 1 aromatic heterocycles. The van der Waals surface area contributed by atoms with E-state index in [1.807, 2.05) is 31.2 Å². The van der Waals surface area contributed by atoms with E-state index in [4.69, 9.17) is 9.15 Å². The molecule has 3 unspecified atom stereocenters. The third-order valence-corrected chi connectivity index (χ3v) is 6.46. The Labute approximate surface area is 184 Å². The van der Waals surface area contributed by atoms with Gasteiger partial charge in [-0.25, -0.2) is 0 Å². The van der Waals surface area contributed by atoms with Gasteiger partial charge in [-0.05, 0) is 49.3 Å². The van der Waals surface area contributed by atoms with Crippen LogP contribution in [0.1, 0.15) is 44.9 Å². The molecule has 0 aliphatic heterocycles. The van der Waals surface area contributed by atoms with E-state index in [1.165, 1.54) is 22.3 Å². The van der Waals surface area contributed by atoms with Gasteiger partial charge in [-0.2, -0.15) is 5.26 Å². The molecule has 31 heavy (non-hydrogen) atoms. The molecule has 158 valence electrons. The number of hydrogen-bond acceptors (Lipinski definition) is 3. The van der Waals surface area contributed by atoms with Gasteiger partial charge < -0.3 is 9.15 Å². The first kappa shape index (κ1) is 21.2. The summed E-state index contributed by atoms with van der Waals surface area (Å²) < 4.78 is 12.1. The smallest absolute Gasteiger partial charge is 0.142 e. The second-order valence-corrected chi connectivity index (χ2v) is 8.38. The number of rotatable bonds is 4. The molecule has 1 heterocycles. The van der Waals surface area contributed by atoms with Gasteiger partial charge >= 0.3 is 0 Å². The van der Waals surface area contributed by atoms with E-state index >= 15 is 0 Å². The first-order valence-electron chi connectivity index (χ1n) is 11.0. The van der Waals surface area contributed by atoms with Crippen LogP contribution in [0.5, 0.6) is 0 Å². The number of nitriles is 1. The van der Waals surface area contributed by atoms with Crippen molar-refractivity contribution in [3.63, 3.8) is 0 Å². The molecule has 4 rings (SSSR count). The van der Waals surface area contributed by atoms with Crippen LogP contribution >= 0.6 is 0 Å². The highest BCUT2D eigenvalue weighted by atomic mass is 16.5. The highest BCUT2D eigenvalue weighted by Gasteiger charge is 2.30. The summed E-state index contributed by atoms with van der Waals surface area (Å²) in [6.07, 6.45) is 14.5. The molecular formula is C28H29NO2. The maximum atomic E-state index is 9.28. The van der Waals surface area contributed by atoms with Crippen molar-refractivity contribution in [2.75, 3.05) is 7.11 Å². The van der Waals surface area contributed by atoms with E-state index in [0.29, 0.717) is 11.5 Å². The average molecular weight is 412 g/mol. The van der Waals surface area contributed by atoms with Crippen LogP contribution in [-0.2, 0) is 4.74 Å². The molecule has 2 aliphatic carbocycles. The highest BCUT2D eigenvalue weighted by molar-refractivity contribution is 5.99. The van der Waals surface area contributed by atoms with Gasteiger partial charge in [-0.15, -0.1) is 0 Å². The zero-order valence-electron chi connectivity index (χ0n) is 18.7. The number of allylic oxidation sites excluding steroid dienone is 8. The van der Waals surface area contributed by atoms with Crippen LogP contribution in [0.4, 0.5) is 0 Å². The van der Waals surface area contributed by atoms with Crippen molar-refractivity contribution in [2.24, 2.45) is 11.8 Å². The summed E-state index contributed by atoms with van der Waals surface area (Å²) in [5.41, 5.74) is 6.60. The van der Waals surface area contributed by atoms with Crippen LogP contribution in [0.2, 0.25) is 0 Å². The van der Waals surface area contributed by atoms with Crippen LogP contribution in [0.3, 0.4) is 0 Å². The van der Waals surface area contributed by atoms with Crippen molar-refractivity contribution in [1.82, 2.24) is 0 Å². The number of para-hydroxylation sites is 1. The Morgan fingerprint density at radius 3 is 2.87 bits per heavy atom. The molecule has 0 bridgehead atoms. The zero-order valence-corrected chi connectivity index (χ0v) is 18.7. The fourth-order valence-electron chi connectivity index (χ4n) is 4.59. The molecule has 0 saturated heterocycles. The number of fused-ring (bicyclic) bond motifs is 4. The molecule has 2 aromatic rings. The molecular weight excluding hydrogens is 382 g/mol. The average Bonchev–Trinajstić information content (AvgIpc) is 3.17. The number of ether oxygens (including phenoxy) is 1. The second-order valence-electron chi connectivity index (χ2n) is 8.38. The standard InChI is InChI=1S/C28H29NO2/c1-5-20(17-29)12-10-18(2)22-14-11-19(3)25-16-21(30-4)13-15-23(25)28-27(22)24-8-6-7-9-26(24)31-28/h5-10,12-15,18-19,21H,11,16H2,1-4H3/b12-10-,20-5+,22-14+. The van der Waals surface area contributed by atoms with Crippen molar-refractivity contribution in [2.45, 2.75) is 39.7 Å². The fourth-order valence-corrected chi connectivity index (χ4v) is 4.59. The summed E-state index contributed by atoms with van der Waals surface area (Å²) >= 11 is 0. The topological polar surface area (TPSA) is 46.2 Å². The van der Waals surface area contributed by atoms with Crippen molar-refractivity contribution in [3.8, 4) is 6.07 Å². The molecule has 0 radical (unpaired) electrons. The van der Waals surface area contributed by atoms with Gasteiger partial charge in [0.15, 0.2) is 0 Å². The minimum Gasteiger partial charge on any atom is -0.455 e. The lowest BCUT2D eigenvalue weighted by Crippen LogP contribution is -2.17. The predicted molar refractivity (Wildman–Crippen MR) is 127 cm³/mol. The number of nitrogens with zero attached hydrogens (tertiary/aromatic N) is 1. The Bertz CT molecular complexity index is 1180. The number of hydrogen-bond donors (Lipinski definition) is 0. The summed E-state index contributed by atoms with van der Waals surface area (Å²) in [5, 5.41) is 10.4. The van der Waals surface area contributed by atoms with Crippen molar-refractivity contribution in [3.05, 3.63) is 83.2 Å². The Morgan fingerprint density at radius 2 is 2.13 bits per heavy atom. The number of furan rings is 1. The Balaban J connectivity index is 1.90. The minimum absolute atomic E-state index is 0.115. The van der Waals surface area contributed by atoms with Gasteiger partial charge in [0.2, 0.25) is 0 Å². The van der Waals surface area contributed by atoms with Gasteiger partial charge in [0.25, 0.3) is 0 Å². The third kappa shape index (κ3) is 3.96. The largest absolute Gasteiger partial charge is 0.455 e. The van der Waals surface area contributed by atoms with Crippen LogP contribution in [0.25, 0.3) is 22.1 Å². The van der Waals surface area contributed by atoms with Crippen molar-refractivity contribution >= 4 is 22.1 Å². The lowest BCUT2D eigenvalue weighted by molar-refractivity contribution is 0.138. The first-order valence-corrected chi connectivity index (χ1v) is 11.0. The van der Waals surface area contributed by atoms with E-state index in [-0.39, 0.29) is 12.0 Å². The fraction of sp³-hybridized carbons (Fsp3) is 0.321. The Hall–Kier alpha value is -3.09. The second kappa shape index (κ2) is 8.96. The van der Waals surface area contributed by atoms with E-state index in [0.717, 1.165) is 29.6 Å². The quantitative estimate of drug-likeness (QED) is 0.393. The maximum Gasteiger partial charge on any atom is 0.142 e. The normalized spacial score (nSPS) is 24.2. The third-order valence-electron chi connectivity index (χ3n) is 6.46. The highest BCUT2D eigenvalue weighted by Crippen LogP contribution is 2.45. The minimum atomic E-state index is 0.115. The maximum absolute atomic E-state index is 9.28. The number of methoxy groups -OCH3 is 1. The molecule has 2 aliphatic rings. The van der Waals surface area contributed by atoms with Gasteiger partial charge in [0.1, 0.15) is 11.3 Å². The lowest BCUT2D eigenvalue weighted by Gasteiger charge is -2.28. The van der Waals surface area contributed by atoms with Crippen molar-refractivity contribution < 1.29 is 9.15 Å². The van der Waals surface area contributed by atoms with E-state index in [2.05, 4.69) is 56.4 Å². The predicted octanol–water partition coefficient (Wildman–Crippen LogP) is 7.25. The zero-order chi connectivity index (χ0) is 22.0. The molecule has 3 atom stereocenters. The molecule has 3 nitrogen and oxygen atoms in total. The van der Waals surface area contributed by atoms with Gasteiger partial charge in [-0.1, -0.05) is 68.0 Å². The number of benzene rings is 1. The lowest BCUT2D eigenvalue weighted by atomic mass is 9.78. The van der Waals surface area contributed by atoms with E-state index in [1.54, 1.807) is 7.11 Å². The monoisotopic (exact) mass is 411 g/mol. The summed E-state index contributed by atoms with van der Waals surface area (Å²) in [5.74, 6) is 1.50. The molecule has 0 fully saturated rings. The van der Waals surface area contributed by atoms with Gasteiger partial charge in [0, 0.05) is 29.2 Å². The van der Waals surface area contributed by atoms with Gasteiger partial charge in [0.05, 0.1) is 12.2 Å². The summed E-state index contributed by atoms with van der Waals surface area (Å²) in [7, 11) is 1.77. The van der Waals surface area contributed by atoms with E-state index < -0.39 is 0 Å². The van der Waals surface area contributed by atoms with Crippen LogP contribution in [0, 0.1) is 23.2 Å². The summed E-state index contributed by atoms with van der Waals surface area (Å²) in [6.45, 7) is 6.37. The van der Waals surface area contributed by atoms with Crippen LogP contribution < -0.4 is 0 Å². The SMILES string of the molecule is C/C=C(C#N)\C=C/C(C)/C1=C\CC(C)C2=C(C=CC(OC)C2)c2oc3ccccc3c21. The Kier molecular flexibility index (Phi) is 6.11. The first-order chi connectivity index (χ1) is 15.1. The molecule has 0 N–H and O–H groups in total. The van der Waals surface area contributed by atoms with Crippen LogP contribution in [0.15, 0.2) is 76.3 Å². The molecule has 1 aromatic carbocycles. The molecule has 0 spiro atoms. The van der Waals surface area contributed by atoms with Gasteiger partial charge in [-0.3, -0.25) is 0 Å². The molecule has 0 saturated carbocycles. The summed E-state index contributed by atoms with van der Waals surface area (Å²) in [6, 6.07) is 10.5. The van der Waals surface area contributed by atoms with Crippen LogP contribution in [-0.4, -0.2) is 13.2 Å². The molecule has 0 amide bonds. The van der Waals surface area contributed by atoms with Crippen molar-refractivity contribution in [1.29, 1.82) is 5.26 Å². The Morgan fingerprint density at radius 1 is 1.32 bits per heavy atom. The summed E-state index contributed by atoms with van der Waals surface area (Å²) in [4.78, 5) is 0.